The standard InChI is InChI=1S/C22H31NO7/c1-14(2)22(4)29-19-17(23-21(25)28-13-16-8-6-5-7-9-16)12-18(20(19)30-22)27-11-10-26-15(3)24/h5-9,14,17-20H,10-13H2,1-4H3,(H,23,25)/t17-,18+,19+,20-,22?/m1/s1. The molecule has 1 saturated carbocycles. The van der Waals surface area contributed by atoms with Crippen molar-refractivity contribution in [2.24, 2.45) is 5.92 Å². The number of fused-ring (bicyclic) bond motifs is 1. The molecular weight excluding hydrogens is 390 g/mol. The van der Waals surface area contributed by atoms with E-state index in [0.717, 1.165) is 5.56 Å². The first kappa shape index (κ1) is 22.5. The van der Waals surface area contributed by atoms with Crippen LogP contribution in [0.25, 0.3) is 0 Å². The summed E-state index contributed by atoms with van der Waals surface area (Å²) in [7, 11) is 0. The number of amides is 1. The van der Waals surface area contributed by atoms with Gasteiger partial charge in [0.25, 0.3) is 0 Å². The molecule has 1 unspecified atom stereocenters. The monoisotopic (exact) mass is 421 g/mol. The SMILES string of the molecule is CC(=O)OCCO[C@H]1C[C@@H](NC(=O)OCc2ccccc2)[C@@H]2OC(C)(C(C)C)O[C@@H]21. The highest BCUT2D eigenvalue weighted by Crippen LogP contribution is 2.43. The van der Waals surface area contributed by atoms with E-state index in [4.69, 9.17) is 23.7 Å². The van der Waals surface area contributed by atoms with Crippen molar-refractivity contribution < 1.29 is 33.3 Å². The smallest absolute Gasteiger partial charge is 0.407 e. The van der Waals surface area contributed by atoms with E-state index in [2.05, 4.69) is 5.32 Å². The average Bonchev–Trinajstić information content (AvgIpc) is 3.21. The van der Waals surface area contributed by atoms with Gasteiger partial charge < -0.3 is 29.0 Å². The van der Waals surface area contributed by atoms with Crippen LogP contribution in [-0.2, 0) is 35.1 Å². The predicted octanol–water partition coefficient (Wildman–Crippen LogP) is 2.79. The Balaban J connectivity index is 1.58. The van der Waals surface area contributed by atoms with Crippen molar-refractivity contribution in [1.29, 1.82) is 0 Å². The summed E-state index contributed by atoms with van der Waals surface area (Å²) in [4.78, 5) is 23.3. The third-order valence-electron chi connectivity index (χ3n) is 5.60. The quantitative estimate of drug-likeness (QED) is 0.510. The molecule has 30 heavy (non-hydrogen) atoms. The predicted molar refractivity (Wildman–Crippen MR) is 108 cm³/mol. The number of benzene rings is 1. The van der Waals surface area contributed by atoms with Gasteiger partial charge in [0.15, 0.2) is 5.79 Å². The molecular formula is C22H31NO7. The van der Waals surface area contributed by atoms with Gasteiger partial charge in [-0.1, -0.05) is 44.2 Å². The van der Waals surface area contributed by atoms with E-state index in [1.165, 1.54) is 6.92 Å². The Hall–Kier alpha value is -2.16. The molecule has 2 fully saturated rings. The Kier molecular flexibility index (Phi) is 7.33. The Morgan fingerprint density at radius 1 is 1.13 bits per heavy atom. The van der Waals surface area contributed by atoms with Crippen molar-refractivity contribution in [2.45, 2.75) is 70.9 Å². The molecule has 0 radical (unpaired) electrons. The lowest BCUT2D eigenvalue weighted by Crippen LogP contribution is -2.44. The summed E-state index contributed by atoms with van der Waals surface area (Å²) in [5.74, 6) is -0.992. The minimum Gasteiger partial charge on any atom is -0.463 e. The van der Waals surface area contributed by atoms with Crippen LogP contribution in [0.5, 0.6) is 0 Å². The van der Waals surface area contributed by atoms with Crippen molar-refractivity contribution in [3.05, 3.63) is 35.9 Å². The van der Waals surface area contributed by atoms with Crippen LogP contribution in [0.2, 0.25) is 0 Å². The number of esters is 1. The summed E-state index contributed by atoms with van der Waals surface area (Å²) in [5, 5.41) is 2.90. The summed E-state index contributed by atoms with van der Waals surface area (Å²) in [6, 6.07) is 9.19. The zero-order valence-electron chi connectivity index (χ0n) is 18.0. The van der Waals surface area contributed by atoms with Gasteiger partial charge in [-0.25, -0.2) is 4.79 Å². The summed E-state index contributed by atoms with van der Waals surface area (Å²) in [6.07, 6.45) is -0.950. The number of hydrogen-bond donors (Lipinski definition) is 1. The van der Waals surface area contributed by atoms with Gasteiger partial charge in [-0.2, -0.15) is 0 Å². The van der Waals surface area contributed by atoms with Gasteiger partial charge in [-0.15, -0.1) is 0 Å². The van der Waals surface area contributed by atoms with Crippen LogP contribution in [0.1, 0.15) is 39.7 Å². The van der Waals surface area contributed by atoms with E-state index in [9.17, 15) is 9.59 Å². The van der Waals surface area contributed by atoms with Gasteiger partial charge in [-0.05, 0) is 18.9 Å². The van der Waals surface area contributed by atoms with E-state index in [1.54, 1.807) is 0 Å². The highest BCUT2D eigenvalue weighted by Gasteiger charge is 2.57. The average molecular weight is 421 g/mol. The zero-order chi connectivity index (χ0) is 21.7. The van der Waals surface area contributed by atoms with E-state index in [-0.39, 0.29) is 56.1 Å². The topological polar surface area (TPSA) is 92.3 Å². The molecule has 0 spiro atoms. The molecule has 1 aliphatic carbocycles. The van der Waals surface area contributed by atoms with E-state index < -0.39 is 11.9 Å². The number of carbonyl (C=O) groups excluding carboxylic acids is 2. The van der Waals surface area contributed by atoms with Gasteiger partial charge in [-0.3, -0.25) is 4.79 Å². The zero-order valence-corrected chi connectivity index (χ0v) is 18.0. The van der Waals surface area contributed by atoms with Crippen LogP contribution in [0, 0.1) is 5.92 Å². The molecule has 8 nitrogen and oxygen atoms in total. The summed E-state index contributed by atoms with van der Waals surface area (Å²) in [6.45, 7) is 7.91. The lowest BCUT2D eigenvalue weighted by Gasteiger charge is -2.30. The number of rotatable bonds is 8. The number of carbonyl (C=O) groups is 2. The molecule has 8 heteroatoms. The van der Waals surface area contributed by atoms with Crippen molar-refractivity contribution in [1.82, 2.24) is 5.32 Å². The van der Waals surface area contributed by atoms with Crippen LogP contribution < -0.4 is 5.32 Å². The first-order valence-corrected chi connectivity index (χ1v) is 10.4. The third kappa shape index (κ3) is 5.50. The second kappa shape index (κ2) is 9.76. The fourth-order valence-electron chi connectivity index (χ4n) is 3.70. The Bertz CT molecular complexity index is 725. The van der Waals surface area contributed by atoms with Crippen LogP contribution in [-0.4, -0.2) is 55.4 Å². The molecule has 5 atom stereocenters. The second-order valence-electron chi connectivity index (χ2n) is 8.13. The van der Waals surface area contributed by atoms with Gasteiger partial charge >= 0.3 is 12.1 Å². The maximum Gasteiger partial charge on any atom is 0.407 e. The molecule has 1 N–H and O–H groups in total. The lowest BCUT2D eigenvalue weighted by atomic mass is 10.1. The molecule has 1 aliphatic heterocycles. The van der Waals surface area contributed by atoms with Gasteiger partial charge in [0.05, 0.1) is 18.8 Å². The Morgan fingerprint density at radius 2 is 1.83 bits per heavy atom. The third-order valence-corrected chi connectivity index (χ3v) is 5.60. The molecule has 3 rings (SSSR count). The molecule has 2 aliphatic rings. The minimum atomic E-state index is -0.763. The van der Waals surface area contributed by atoms with Crippen molar-refractivity contribution in [3.63, 3.8) is 0 Å². The Morgan fingerprint density at radius 3 is 2.50 bits per heavy atom. The molecule has 1 heterocycles. The molecule has 0 aromatic heterocycles. The van der Waals surface area contributed by atoms with Crippen LogP contribution in [0.3, 0.4) is 0 Å². The van der Waals surface area contributed by atoms with Gasteiger partial charge in [0, 0.05) is 12.8 Å². The highest BCUT2D eigenvalue weighted by atomic mass is 16.8. The Labute approximate surface area is 177 Å². The van der Waals surface area contributed by atoms with Crippen molar-refractivity contribution in [3.8, 4) is 0 Å². The molecule has 166 valence electrons. The second-order valence-corrected chi connectivity index (χ2v) is 8.13. The first-order valence-electron chi connectivity index (χ1n) is 10.4. The summed E-state index contributed by atoms with van der Waals surface area (Å²) >= 11 is 0. The highest BCUT2D eigenvalue weighted by molar-refractivity contribution is 5.68. The lowest BCUT2D eigenvalue weighted by molar-refractivity contribution is -0.207. The van der Waals surface area contributed by atoms with Crippen molar-refractivity contribution >= 4 is 12.1 Å². The summed E-state index contributed by atoms with van der Waals surface area (Å²) in [5.41, 5.74) is 0.913. The normalized spacial score (nSPS) is 30.2. The largest absolute Gasteiger partial charge is 0.463 e. The number of hydrogen-bond acceptors (Lipinski definition) is 7. The van der Waals surface area contributed by atoms with E-state index in [1.807, 2.05) is 51.1 Å². The van der Waals surface area contributed by atoms with Crippen LogP contribution in [0.15, 0.2) is 30.3 Å². The molecule has 1 amide bonds. The fraction of sp³-hybridized carbons (Fsp3) is 0.636. The minimum absolute atomic E-state index is 0.121. The molecule has 1 aromatic carbocycles. The fourth-order valence-corrected chi connectivity index (χ4v) is 3.70. The van der Waals surface area contributed by atoms with E-state index >= 15 is 0 Å². The van der Waals surface area contributed by atoms with Crippen LogP contribution in [0.4, 0.5) is 4.79 Å². The maximum absolute atomic E-state index is 12.4. The maximum atomic E-state index is 12.4. The van der Waals surface area contributed by atoms with Crippen LogP contribution >= 0.6 is 0 Å². The van der Waals surface area contributed by atoms with E-state index in [0.29, 0.717) is 6.42 Å². The molecule has 0 bridgehead atoms. The molecule has 1 saturated heterocycles. The number of alkyl carbamates (subject to hydrolysis) is 1. The number of nitrogens with one attached hydrogen (secondary N) is 1. The molecule has 1 aromatic rings. The summed E-state index contributed by atoms with van der Waals surface area (Å²) < 4.78 is 28.6. The van der Waals surface area contributed by atoms with Crippen molar-refractivity contribution in [2.75, 3.05) is 13.2 Å². The number of ether oxygens (including phenoxy) is 5. The van der Waals surface area contributed by atoms with Gasteiger partial charge in [0.2, 0.25) is 0 Å². The van der Waals surface area contributed by atoms with Gasteiger partial charge in [0.1, 0.15) is 25.4 Å². The first-order chi connectivity index (χ1) is 14.3.